The van der Waals surface area contributed by atoms with Crippen LogP contribution in [0.3, 0.4) is 0 Å². The van der Waals surface area contributed by atoms with Crippen molar-refractivity contribution in [2.24, 2.45) is 0 Å². The van der Waals surface area contributed by atoms with E-state index >= 15 is 0 Å². The van der Waals surface area contributed by atoms with Crippen LogP contribution in [0.1, 0.15) is 25.3 Å². The average molecular weight is 268 g/mol. The molecule has 104 valence electrons. The molecule has 1 aromatic heterocycles. The Morgan fingerprint density at radius 2 is 1.85 bits per heavy atom. The smallest absolute Gasteiger partial charge is 0.229 e. The lowest BCUT2D eigenvalue weighted by Gasteiger charge is -2.16. The van der Waals surface area contributed by atoms with Crippen LogP contribution in [-0.2, 0) is 6.42 Å². The van der Waals surface area contributed by atoms with Crippen molar-refractivity contribution in [3.05, 3.63) is 42.1 Å². The number of aromatic nitrogens is 2. The number of benzene rings is 1. The maximum atomic E-state index is 4.60. The summed E-state index contributed by atoms with van der Waals surface area (Å²) in [5.74, 6) is 1.68. The Kier molecular flexibility index (Phi) is 3.81. The highest BCUT2D eigenvalue weighted by Crippen LogP contribution is 2.20. The number of hydrogen-bond donors (Lipinski definition) is 1. The van der Waals surface area contributed by atoms with E-state index in [1.54, 1.807) is 0 Å². The van der Waals surface area contributed by atoms with Gasteiger partial charge in [0, 0.05) is 25.0 Å². The van der Waals surface area contributed by atoms with E-state index in [1.165, 1.54) is 18.4 Å². The molecule has 0 amide bonds. The molecule has 3 rings (SSSR count). The van der Waals surface area contributed by atoms with Gasteiger partial charge >= 0.3 is 0 Å². The third-order valence-corrected chi connectivity index (χ3v) is 3.69. The highest BCUT2D eigenvalue weighted by atomic mass is 15.2. The third kappa shape index (κ3) is 2.90. The standard InChI is InChI=1S/C16H20N4/c1-2-13-5-7-14(8-6-13)18-16-17-10-9-15(19-16)20-11-3-4-12-20/h5-10H,2-4,11-12H2,1H3,(H,17,18,19). The van der Waals surface area contributed by atoms with Gasteiger partial charge in [0.1, 0.15) is 5.82 Å². The molecule has 2 aromatic rings. The van der Waals surface area contributed by atoms with Crippen molar-refractivity contribution in [3.8, 4) is 0 Å². The van der Waals surface area contributed by atoms with E-state index in [0.29, 0.717) is 5.95 Å². The minimum atomic E-state index is 0.665. The average Bonchev–Trinajstić information content (AvgIpc) is 3.03. The van der Waals surface area contributed by atoms with Crippen LogP contribution in [-0.4, -0.2) is 23.1 Å². The Balaban J connectivity index is 1.74. The van der Waals surface area contributed by atoms with Gasteiger partial charge in [0.2, 0.25) is 5.95 Å². The molecule has 0 bridgehead atoms. The molecule has 1 aromatic carbocycles. The second-order valence-corrected chi connectivity index (χ2v) is 5.11. The predicted molar refractivity (Wildman–Crippen MR) is 82.6 cm³/mol. The normalized spacial score (nSPS) is 14.6. The van der Waals surface area contributed by atoms with Gasteiger partial charge in [0.05, 0.1) is 0 Å². The van der Waals surface area contributed by atoms with E-state index in [-0.39, 0.29) is 0 Å². The summed E-state index contributed by atoms with van der Waals surface area (Å²) in [5, 5.41) is 3.27. The molecule has 1 saturated heterocycles. The highest BCUT2D eigenvalue weighted by Gasteiger charge is 2.13. The monoisotopic (exact) mass is 268 g/mol. The van der Waals surface area contributed by atoms with Gasteiger partial charge in [-0.1, -0.05) is 19.1 Å². The molecule has 20 heavy (non-hydrogen) atoms. The minimum absolute atomic E-state index is 0.665. The van der Waals surface area contributed by atoms with Crippen LogP contribution in [0.25, 0.3) is 0 Å². The van der Waals surface area contributed by atoms with Gasteiger partial charge < -0.3 is 10.2 Å². The maximum absolute atomic E-state index is 4.60. The molecular formula is C16H20N4. The topological polar surface area (TPSA) is 41.1 Å². The fraction of sp³-hybridized carbons (Fsp3) is 0.375. The fourth-order valence-corrected chi connectivity index (χ4v) is 2.48. The zero-order chi connectivity index (χ0) is 13.8. The Bertz CT molecular complexity index is 559. The first-order valence-electron chi connectivity index (χ1n) is 7.29. The van der Waals surface area contributed by atoms with Crippen molar-refractivity contribution >= 4 is 17.5 Å². The molecule has 1 N–H and O–H groups in total. The van der Waals surface area contributed by atoms with Gasteiger partial charge in [-0.2, -0.15) is 4.98 Å². The molecule has 0 aliphatic carbocycles. The quantitative estimate of drug-likeness (QED) is 0.923. The van der Waals surface area contributed by atoms with Gasteiger partial charge in [-0.3, -0.25) is 0 Å². The van der Waals surface area contributed by atoms with E-state index in [9.17, 15) is 0 Å². The second kappa shape index (κ2) is 5.90. The minimum Gasteiger partial charge on any atom is -0.356 e. The summed E-state index contributed by atoms with van der Waals surface area (Å²) in [7, 11) is 0. The summed E-state index contributed by atoms with van der Waals surface area (Å²) in [5.41, 5.74) is 2.36. The zero-order valence-corrected chi connectivity index (χ0v) is 11.8. The summed E-state index contributed by atoms with van der Waals surface area (Å²) < 4.78 is 0. The van der Waals surface area contributed by atoms with Gasteiger partial charge in [-0.15, -0.1) is 0 Å². The highest BCUT2D eigenvalue weighted by molar-refractivity contribution is 5.55. The van der Waals surface area contributed by atoms with Crippen LogP contribution < -0.4 is 10.2 Å². The van der Waals surface area contributed by atoms with E-state index in [1.807, 2.05) is 12.3 Å². The molecule has 1 fully saturated rings. The summed E-state index contributed by atoms with van der Waals surface area (Å²) in [6, 6.07) is 10.4. The van der Waals surface area contributed by atoms with Crippen LogP contribution in [0.5, 0.6) is 0 Å². The summed E-state index contributed by atoms with van der Waals surface area (Å²) in [6.07, 6.45) is 5.39. The molecule has 0 unspecified atom stereocenters. The van der Waals surface area contributed by atoms with Crippen LogP contribution in [0, 0.1) is 0 Å². The Morgan fingerprint density at radius 1 is 1.10 bits per heavy atom. The van der Waals surface area contributed by atoms with Crippen LogP contribution >= 0.6 is 0 Å². The summed E-state index contributed by atoms with van der Waals surface area (Å²) >= 11 is 0. The van der Waals surface area contributed by atoms with Gasteiger partial charge in [0.15, 0.2) is 0 Å². The lowest BCUT2D eigenvalue weighted by molar-refractivity contribution is 0.930. The third-order valence-electron chi connectivity index (χ3n) is 3.69. The molecule has 0 atom stereocenters. The number of anilines is 3. The predicted octanol–water partition coefficient (Wildman–Crippen LogP) is 3.38. The number of aryl methyl sites for hydroxylation is 1. The van der Waals surface area contributed by atoms with E-state index in [2.05, 4.69) is 51.4 Å². The molecule has 0 spiro atoms. The van der Waals surface area contributed by atoms with Gasteiger partial charge in [0.25, 0.3) is 0 Å². The molecule has 4 heteroatoms. The number of nitrogens with one attached hydrogen (secondary N) is 1. The van der Waals surface area contributed by atoms with Gasteiger partial charge in [-0.05, 0) is 43.0 Å². The first-order valence-corrected chi connectivity index (χ1v) is 7.29. The molecule has 0 saturated carbocycles. The molecule has 1 aliphatic heterocycles. The zero-order valence-electron chi connectivity index (χ0n) is 11.8. The molecular weight excluding hydrogens is 248 g/mol. The van der Waals surface area contributed by atoms with E-state index in [0.717, 1.165) is 31.0 Å². The van der Waals surface area contributed by atoms with E-state index < -0.39 is 0 Å². The fourth-order valence-electron chi connectivity index (χ4n) is 2.48. The Labute approximate surface area is 119 Å². The summed E-state index contributed by atoms with van der Waals surface area (Å²) in [6.45, 7) is 4.36. The Morgan fingerprint density at radius 3 is 2.55 bits per heavy atom. The first kappa shape index (κ1) is 12.9. The Hall–Kier alpha value is -2.10. The largest absolute Gasteiger partial charge is 0.356 e. The van der Waals surface area contributed by atoms with Crippen molar-refractivity contribution < 1.29 is 0 Å². The molecule has 2 heterocycles. The van der Waals surface area contributed by atoms with Crippen molar-refractivity contribution in [1.82, 2.24) is 9.97 Å². The van der Waals surface area contributed by atoms with Gasteiger partial charge in [-0.25, -0.2) is 4.98 Å². The van der Waals surface area contributed by atoms with Crippen molar-refractivity contribution in [2.45, 2.75) is 26.2 Å². The lowest BCUT2D eigenvalue weighted by Crippen LogP contribution is -2.19. The molecule has 0 radical (unpaired) electrons. The number of nitrogens with zero attached hydrogens (tertiary/aromatic N) is 3. The van der Waals surface area contributed by atoms with Crippen LogP contribution in [0.2, 0.25) is 0 Å². The molecule has 4 nitrogen and oxygen atoms in total. The second-order valence-electron chi connectivity index (χ2n) is 5.11. The number of hydrogen-bond acceptors (Lipinski definition) is 4. The van der Waals surface area contributed by atoms with Crippen molar-refractivity contribution in [1.29, 1.82) is 0 Å². The van der Waals surface area contributed by atoms with Crippen molar-refractivity contribution in [2.75, 3.05) is 23.3 Å². The number of rotatable bonds is 4. The van der Waals surface area contributed by atoms with E-state index in [4.69, 9.17) is 0 Å². The summed E-state index contributed by atoms with van der Waals surface area (Å²) in [4.78, 5) is 11.2. The maximum Gasteiger partial charge on any atom is 0.229 e. The first-order chi connectivity index (χ1) is 9.85. The molecule has 1 aliphatic rings. The lowest BCUT2D eigenvalue weighted by atomic mass is 10.1. The van der Waals surface area contributed by atoms with Crippen molar-refractivity contribution in [3.63, 3.8) is 0 Å². The SMILES string of the molecule is CCc1ccc(Nc2nccc(N3CCCC3)n2)cc1. The van der Waals surface area contributed by atoms with Crippen LogP contribution in [0.4, 0.5) is 17.5 Å². The van der Waals surface area contributed by atoms with Crippen LogP contribution in [0.15, 0.2) is 36.5 Å².